The minimum Gasteiger partial charge on any atom is -0.331 e. The number of hydrogen-bond acceptors (Lipinski definition) is 1. The van der Waals surface area contributed by atoms with Crippen LogP contribution in [0.4, 0.5) is 0 Å². The van der Waals surface area contributed by atoms with Crippen LogP contribution >= 0.6 is 12.2 Å². The number of aromatic nitrogens is 2. The first-order valence-electron chi connectivity index (χ1n) is 6.38. The molecule has 0 aliphatic carbocycles. The molecular formula is C14H20N2S. The molecule has 3 heteroatoms. The number of nitrogens with one attached hydrogen (secondary N) is 1. The standard InChI is InChI=1S/C14H20N2S/c1-4-11(5-2)10(3)16-13-9-7-6-8-12(13)15-14(16)17/h6-11H,4-5H2,1-3H3,(H,15,17). The Morgan fingerprint density at radius 2 is 1.88 bits per heavy atom. The molecule has 2 rings (SSSR count). The van der Waals surface area contributed by atoms with Gasteiger partial charge in [0, 0.05) is 6.04 Å². The second-order valence-corrected chi connectivity index (χ2v) is 5.02. The van der Waals surface area contributed by atoms with Crippen LogP contribution in [-0.2, 0) is 0 Å². The van der Waals surface area contributed by atoms with Crippen molar-refractivity contribution in [3.63, 3.8) is 0 Å². The van der Waals surface area contributed by atoms with E-state index >= 15 is 0 Å². The van der Waals surface area contributed by atoms with Gasteiger partial charge in [-0.3, -0.25) is 0 Å². The normalized spacial score (nSPS) is 13.4. The topological polar surface area (TPSA) is 20.7 Å². The first-order chi connectivity index (χ1) is 8.19. The Kier molecular flexibility index (Phi) is 3.67. The summed E-state index contributed by atoms with van der Waals surface area (Å²) < 4.78 is 3.10. The Labute approximate surface area is 108 Å². The molecule has 1 N–H and O–H groups in total. The summed E-state index contributed by atoms with van der Waals surface area (Å²) in [5, 5.41) is 0. The van der Waals surface area contributed by atoms with Crippen LogP contribution < -0.4 is 0 Å². The van der Waals surface area contributed by atoms with Crippen molar-refractivity contribution >= 4 is 23.3 Å². The van der Waals surface area contributed by atoms with Crippen molar-refractivity contribution in [1.82, 2.24) is 9.55 Å². The highest BCUT2D eigenvalue weighted by atomic mass is 32.1. The zero-order valence-corrected chi connectivity index (χ0v) is 11.6. The number of fused-ring (bicyclic) bond motifs is 1. The lowest BCUT2D eigenvalue weighted by molar-refractivity contribution is 0.337. The van der Waals surface area contributed by atoms with Gasteiger partial charge in [0.2, 0.25) is 0 Å². The Bertz CT molecular complexity index is 549. The summed E-state index contributed by atoms with van der Waals surface area (Å²) in [6.45, 7) is 6.78. The second-order valence-electron chi connectivity index (χ2n) is 4.63. The van der Waals surface area contributed by atoms with Crippen molar-refractivity contribution in [3.05, 3.63) is 29.0 Å². The van der Waals surface area contributed by atoms with E-state index in [1.54, 1.807) is 0 Å². The van der Waals surface area contributed by atoms with Crippen LogP contribution in [0.3, 0.4) is 0 Å². The number of imidazole rings is 1. The third kappa shape index (κ3) is 2.16. The molecule has 2 aromatic rings. The fraction of sp³-hybridized carbons (Fsp3) is 0.500. The van der Waals surface area contributed by atoms with Gasteiger partial charge in [0.15, 0.2) is 4.77 Å². The van der Waals surface area contributed by atoms with E-state index in [-0.39, 0.29) is 0 Å². The van der Waals surface area contributed by atoms with Crippen molar-refractivity contribution < 1.29 is 0 Å². The summed E-state index contributed by atoms with van der Waals surface area (Å²) in [5.41, 5.74) is 2.35. The zero-order chi connectivity index (χ0) is 12.4. The van der Waals surface area contributed by atoms with E-state index in [0.717, 1.165) is 10.3 Å². The molecule has 0 aliphatic rings. The SMILES string of the molecule is CCC(CC)C(C)n1c(=S)[nH]c2ccccc21. The molecule has 1 heterocycles. The number of hydrogen-bond donors (Lipinski definition) is 1. The first kappa shape index (κ1) is 12.4. The highest BCUT2D eigenvalue weighted by Crippen LogP contribution is 2.28. The lowest BCUT2D eigenvalue weighted by atomic mass is 9.95. The van der Waals surface area contributed by atoms with E-state index in [4.69, 9.17) is 12.2 Å². The molecule has 1 aromatic heterocycles. The second kappa shape index (κ2) is 5.05. The van der Waals surface area contributed by atoms with Crippen molar-refractivity contribution in [2.75, 3.05) is 0 Å². The Balaban J connectivity index is 2.54. The van der Waals surface area contributed by atoms with Gasteiger partial charge in [-0.1, -0.05) is 38.8 Å². The van der Waals surface area contributed by atoms with Gasteiger partial charge in [0.1, 0.15) is 0 Å². The summed E-state index contributed by atoms with van der Waals surface area (Å²) in [5.74, 6) is 0.681. The van der Waals surface area contributed by atoms with Crippen molar-refractivity contribution in [3.8, 4) is 0 Å². The van der Waals surface area contributed by atoms with E-state index in [0.29, 0.717) is 12.0 Å². The highest BCUT2D eigenvalue weighted by Gasteiger charge is 2.18. The van der Waals surface area contributed by atoms with Crippen molar-refractivity contribution in [1.29, 1.82) is 0 Å². The Morgan fingerprint density at radius 3 is 2.53 bits per heavy atom. The predicted molar refractivity (Wildman–Crippen MR) is 75.9 cm³/mol. The molecule has 0 radical (unpaired) electrons. The summed E-state index contributed by atoms with van der Waals surface area (Å²) in [6, 6.07) is 8.79. The maximum absolute atomic E-state index is 5.45. The maximum Gasteiger partial charge on any atom is 0.178 e. The molecule has 0 saturated heterocycles. The summed E-state index contributed by atoms with van der Waals surface area (Å²) in [7, 11) is 0. The predicted octanol–water partition coefficient (Wildman–Crippen LogP) is 4.70. The number of benzene rings is 1. The van der Waals surface area contributed by atoms with Gasteiger partial charge in [-0.25, -0.2) is 0 Å². The fourth-order valence-corrected chi connectivity index (χ4v) is 3.03. The molecule has 0 spiro atoms. The van der Waals surface area contributed by atoms with Crippen LogP contribution in [-0.4, -0.2) is 9.55 Å². The van der Waals surface area contributed by atoms with Crippen LogP contribution in [0.1, 0.15) is 39.7 Å². The molecule has 0 fully saturated rings. The van der Waals surface area contributed by atoms with Gasteiger partial charge in [0.25, 0.3) is 0 Å². The monoisotopic (exact) mass is 248 g/mol. The molecule has 17 heavy (non-hydrogen) atoms. The molecule has 0 saturated carbocycles. The molecule has 92 valence electrons. The first-order valence-corrected chi connectivity index (χ1v) is 6.79. The third-order valence-corrected chi connectivity index (χ3v) is 4.06. The average molecular weight is 248 g/mol. The van der Waals surface area contributed by atoms with E-state index in [2.05, 4.69) is 48.5 Å². The average Bonchev–Trinajstić information content (AvgIpc) is 2.66. The molecule has 0 amide bonds. The lowest BCUT2D eigenvalue weighted by Gasteiger charge is -2.23. The number of H-pyrrole nitrogens is 1. The molecule has 1 aromatic carbocycles. The summed E-state index contributed by atoms with van der Waals surface area (Å²) in [4.78, 5) is 3.29. The fourth-order valence-electron chi connectivity index (χ4n) is 2.66. The zero-order valence-electron chi connectivity index (χ0n) is 10.7. The van der Waals surface area contributed by atoms with Crippen LogP contribution in [0.25, 0.3) is 11.0 Å². The molecule has 2 nitrogen and oxygen atoms in total. The number of rotatable bonds is 4. The number of para-hydroxylation sites is 2. The van der Waals surface area contributed by atoms with Crippen LogP contribution in [0.5, 0.6) is 0 Å². The number of aromatic amines is 1. The van der Waals surface area contributed by atoms with Gasteiger partial charge in [-0.05, 0) is 37.2 Å². The van der Waals surface area contributed by atoms with E-state index in [1.807, 2.05) is 6.07 Å². The number of nitrogens with zero attached hydrogens (tertiary/aromatic N) is 1. The Morgan fingerprint density at radius 1 is 1.24 bits per heavy atom. The van der Waals surface area contributed by atoms with Gasteiger partial charge in [-0.2, -0.15) is 0 Å². The minimum absolute atomic E-state index is 0.452. The van der Waals surface area contributed by atoms with E-state index < -0.39 is 0 Å². The molecular weight excluding hydrogens is 228 g/mol. The van der Waals surface area contributed by atoms with Gasteiger partial charge >= 0.3 is 0 Å². The highest BCUT2D eigenvalue weighted by molar-refractivity contribution is 7.71. The van der Waals surface area contributed by atoms with Gasteiger partial charge < -0.3 is 9.55 Å². The molecule has 1 unspecified atom stereocenters. The van der Waals surface area contributed by atoms with Gasteiger partial charge in [0.05, 0.1) is 11.0 Å². The van der Waals surface area contributed by atoms with Crippen molar-refractivity contribution in [2.45, 2.75) is 39.7 Å². The van der Waals surface area contributed by atoms with Crippen LogP contribution in [0.2, 0.25) is 0 Å². The molecule has 0 aliphatic heterocycles. The van der Waals surface area contributed by atoms with E-state index in [9.17, 15) is 0 Å². The van der Waals surface area contributed by atoms with Crippen LogP contribution in [0, 0.1) is 10.7 Å². The van der Waals surface area contributed by atoms with Crippen molar-refractivity contribution in [2.24, 2.45) is 5.92 Å². The lowest BCUT2D eigenvalue weighted by Crippen LogP contribution is -2.15. The van der Waals surface area contributed by atoms with Crippen LogP contribution in [0.15, 0.2) is 24.3 Å². The Hall–Kier alpha value is -1.09. The summed E-state index contributed by atoms with van der Waals surface area (Å²) in [6.07, 6.45) is 2.39. The third-order valence-electron chi connectivity index (χ3n) is 3.76. The summed E-state index contributed by atoms with van der Waals surface area (Å²) >= 11 is 5.45. The largest absolute Gasteiger partial charge is 0.331 e. The quantitative estimate of drug-likeness (QED) is 0.778. The maximum atomic E-state index is 5.45. The smallest absolute Gasteiger partial charge is 0.178 e. The molecule has 0 bridgehead atoms. The van der Waals surface area contributed by atoms with E-state index in [1.165, 1.54) is 18.4 Å². The van der Waals surface area contributed by atoms with Gasteiger partial charge in [-0.15, -0.1) is 0 Å². The molecule has 1 atom stereocenters. The minimum atomic E-state index is 0.452.